The molecule has 18 heavy (non-hydrogen) atoms. The zero-order valence-corrected chi connectivity index (χ0v) is 10.8. The van der Waals surface area contributed by atoms with Gasteiger partial charge < -0.3 is 4.84 Å². The molecule has 92 valence electrons. The van der Waals surface area contributed by atoms with E-state index in [4.69, 9.17) is 16.4 Å². The Morgan fingerprint density at radius 2 is 1.72 bits per heavy atom. The van der Waals surface area contributed by atoms with E-state index in [9.17, 15) is 0 Å². The minimum atomic E-state index is 0.530. The van der Waals surface area contributed by atoms with Crippen molar-refractivity contribution in [2.24, 2.45) is 5.16 Å². The molecule has 0 aliphatic rings. The number of hydrogen-bond donors (Lipinski definition) is 0. The van der Waals surface area contributed by atoms with Gasteiger partial charge in [0, 0.05) is 28.5 Å². The minimum Gasteiger partial charge on any atom is -0.396 e. The molecular weight excluding hydrogens is 248 g/mol. The molecule has 0 atom stereocenters. The number of nitrogens with zero attached hydrogens (tertiary/aromatic N) is 2. The summed E-state index contributed by atoms with van der Waals surface area (Å²) in [5.74, 6) is 0. The van der Waals surface area contributed by atoms with Gasteiger partial charge in [-0.3, -0.25) is 4.98 Å². The predicted molar refractivity (Wildman–Crippen MR) is 73.0 cm³/mol. The Hall–Kier alpha value is -1.87. The highest BCUT2D eigenvalue weighted by Gasteiger charge is 2.07. The molecule has 0 spiro atoms. The van der Waals surface area contributed by atoms with E-state index in [0.29, 0.717) is 11.6 Å². The van der Waals surface area contributed by atoms with Gasteiger partial charge in [-0.25, -0.2) is 0 Å². The van der Waals surface area contributed by atoms with E-state index in [1.165, 1.54) is 0 Å². The molecule has 0 N–H and O–H groups in total. The molecule has 4 heteroatoms. The molecular formula is C14H13ClN2O. The van der Waals surface area contributed by atoms with Crippen molar-refractivity contribution in [3.8, 4) is 0 Å². The standard InChI is InChI=1S/C14H13ClN2O/c1-2-18-17-14(12-7-9-16-10-8-12)11-3-5-13(15)6-4-11/h3-10H,2H2,1H3/b17-14-. The topological polar surface area (TPSA) is 34.5 Å². The summed E-state index contributed by atoms with van der Waals surface area (Å²) in [4.78, 5) is 9.17. The monoisotopic (exact) mass is 260 g/mol. The second-order valence-corrected chi connectivity index (χ2v) is 4.04. The molecule has 0 aliphatic carbocycles. The minimum absolute atomic E-state index is 0.530. The number of pyridine rings is 1. The van der Waals surface area contributed by atoms with E-state index in [0.717, 1.165) is 16.8 Å². The average molecular weight is 261 g/mol. The summed E-state index contributed by atoms with van der Waals surface area (Å²) in [6, 6.07) is 11.3. The maximum atomic E-state index is 5.89. The van der Waals surface area contributed by atoms with Crippen LogP contribution >= 0.6 is 11.6 Å². The lowest BCUT2D eigenvalue weighted by Crippen LogP contribution is -2.04. The zero-order valence-electron chi connectivity index (χ0n) is 10.0. The van der Waals surface area contributed by atoms with Crippen LogP contribution in [0.4, 0.5) is 0 Å². The number of hydrogen-bond acceptors (Lipinski definition) is 3. The number of oxime groups is 1. The van der Waals surface area contributed by atoms with Crippen LogP contribution in [0.5, 0.6) is 0 Å². The van der Waals surface area contributed by atoms with E-state index in [1.807, 2.05) is 43.3 Å². The Bertz CT molecular complexity index is 523. The van der Waals surface area contributed by atoms with Crippen molar-refractivity contribution in [1.29, 1.82) is 0 Å². The molecule has 3 nitrogen and oxygen atoms in total. The maximum absolute atomic E-state index is 5.89. The third-order valence-corrected chi connectivity index (χ3v) is 2.61. The van der Waals surface area contributed by atoms with Crippen molar-refractivity contribution < 1.29 is 4.84 Å². The average Bonchev–Trinajstić information content (AvgIpc) is 2.42. The van der Waals surface area contributed by atoms with Gasteiger partial charge in [0.25, 0.3) is 0 Å². The summed E-state index contributed by atoms with van der Waals surface area (Å²) in [6.07, 6.45) is 3.46. The smallest absolute Gasteiger partial charge is 0.117 e. The van der Waals surface area contributed by atoms with Gasteiger partial charge in [-0.2, -0.15) is 0 Å². The number of rotatable bonds is 4. The molecule has 1 aromatic heterocycles. The van der Waals surface area contributed by atoms with Crippen LogP contribution in [0.1, 0.15) is 18.1 Å². The quantitative estimate of drug-likeness (QED) is 0.623. The largest absolute Gasteiger partial charge is 0.396 e. The Labute approximate surface area is 111 Å². The van der Waals surface area contributed by atoms with Crippen LogP contribution in [0.2, 0.25) is 5.02 Å². The van der Waals surface area contributed by atoms with E-state index in [2.05, 4.69) is 10.1 Å². The number of halogens is 1. The van der Waals surface area contributed by atoms with Crippen molar-refractivity contribution in [3.05, 3.63) is 64.9 Å². The van der Waals surface area contributed by atoms with Crippen LogP contribution < -0.4 is 0 Å². The zero-order chi connectivity index (χ0) is 12.8. The predicted octanol–water partition coefficient (Wildman–Crippen LogP) is 3.52. The second kappa shape index (κ2) is 6.17. The van der Waals surface area contributed by atoms with E-state index in [-0.39, 0.29) is 0 Å². The van der Waals surface area contributed by atoms with Crippen LogP contribution in [0.15, 0.2) is 53.9 Å². The van der Waals surface area contributed by atoms with E-state index >= 15 is 0 Å². The van der Waals surface area contributed by atoms with Crippen molar-refractivity contribution in [3.63, 3.8) is 0 Å². The molecule has 2 rings (SSSR count). The molecule has 0 aliphatic heterocycles. The maximum Gasteiger partial charge on any atom is 0.117 e. The highest BCUT2D eigenvalue weighted by Crippen LogP contribution is 2.14. The van der Waals surface area contributed by atoms with Crippen molar-refractivity contribution in [2.45, 2.75) is 6.92 Å². The second-order valence-electron chi connectivity index (χ2n) is 3.60. The summed E-state index contributed by atoms with van der Waals surface area (Å²) in [5.41, 5.74) is 2.69. The first-order chi connectivity index (χ1) is 8.81. The van der Waals surface area contributed by atoms with Crippen LogP contribution in [0.3, 0.4) is 0 Å². The fourth-order valence-corrected chi connectivity index (χ4v) is 1.64. The van der Waals surface area contributed by atoms with Crippen LogP contribution in [0.25, 0.3) is 0 Å². The molecule has 0 unspecified atom stereocenters. The van der Waals surface area contributed by atoms with Gasteiger partial charge in [0.1, 0.15) is 12.3 Å². The highest BCUT2D eigenvalue weighted by atomic mass is 35.5. The Balaban J connectivity index is 2.40. The third kappa shape index (κ3) is 3.08. The van der Waals surface area contributed by atoms with Crippen LogP contribution in [-0.2, 0) is 4.84 Å². The SMILES string of the molecule is CCO/N=C(\c1ccncc1)c1ccc(Cl)cc1. The van der Waals surface area contributed by atoms with Crippen molar-refractivity contribution in [2.75, 3.05) is 6.61 Å². The molecule has 0 saturated carbocycles. The van der Waals surface area contributed by atoms with Gasteiger partial charge in [0.2, 0.25) is 0 Å². The summed E-state index contributed by atoms with van der Waals surface area (Å²) in [7, 11) is 0. The molecule has 1 aromatic carbocycles. The fraction of sp³-hybridized carbons (Fsp3) is 0.143. The van der Waals surface area contributed by atoms with Crippen molar-refractivity contribution >= 4 is 17.3 Å². The molecule has 0 radical (unpaired) electrons. The first kappa shape index (κ1) is 12.6. The van der Waals surface area contributed by atoms with Gasteiger partial charge in [0.15, 0.2) is 0 Å². The van der Waals surface area contributed by atoms with Crippen LogP contribution in [-0.4, -0.2) is 17.3 Å². The first-order valence-electron chi connectivity index (χ1n) is 5.67. The number of benzene rings is 1. The lowest BCUT2D eigenvalue weighted by atomic mass is 10.0. The Morgan fingerprint density at radius 1 is 1.11 bits per heavy atom. The first-order valence-corrected chi connectivity index (χ1v) is 6.05. The van der Waals surface area contributed by atoms with E-state index < -0.39 is 0 Å². The fourth-order valence-electron chi connectivity index (χ4n) is 1.52. The van der Waals surface area contributed by atoms with Gasteiger partial charge >= 0.3 is 0 Å². The molecule has 0 saturated heterocycles. The van der Waals surface area contributed by atoms with Gasteiger partial charge in [-0.1, -0.05) is 28.9 Å². The van der Waals surface area contributed by atoms with E-state index in [1.54, 1.807) is 12.4 Å². The number of aromatic nitrogens is 1. The Kier molecular flexibility index (Phi) is 4.31. The lowest BCUT2D eigenvalue weighted by molar-refractivity contribution is 0.159. The normalized spacial score (nSPS) is 11.3. The third-order valence-electron chi connectivity index (χ3n) is 2.36. The molecule has 2 aromatic rings. The van der Waals surface area contributed by atoms with Gasteiger partial charge in [0.05, 0.1) is 0 Å². The van der Waals surface area contributed by atoms with Crippen LogP contribution in [0, 0.1) is 0 Å². The van der Waals surface area contributed by atoms with Gasteiger partial charge in [-0.05, 0) is 31.2 Å². The van der Waals surface area contributed by atoms with Crippen molar-refractivity contribution in [1.82, 2.24) is 4.98 Å². The highest BCUT2D eigenvalue weighted by molar-refractivity contribution is 6.30. The summed E-state index contributed by atoms with van der Waals surface area (Å²) in [5, 5.41) is 4.86. The summed E-state index contributed by atoms with van der Waals surface area (Å²) in [6.45, 7) is 2.43. The molecule has 1 heterocycles. The molecule has 0 amide bonds. The Morgan fingerprint density at radius 3 is 2.33 bits per heavy atom. The summed E-state index contributed by atoms with van der Waals surface area (Å²) < 4.78 is 0. The molecule has 0 bridgehead atoms. The summed E-state index contributed by atoms with van der Waals surface area (Å²) >= 11 is 5.89. The molecule has 0 fully saturated rings. The van der Waals surface area contributed by atoms with Gasteiger partial charge in [-0.15, -0.1) is 0 Å². The lowest BCUT2D eigenvalue weighted by Gasteiger charge is -2.06.